The number of nitrogens with one attached hydrogen (secondary N) is 1. The van der Waals surface area contributed by atoms with Gasteiger partial charge in [-0.15, -0.1) is 0 Å². The maximum absolute atomic E-state index is 13.2. The summed E-state index contributed by atoms with van der Waals surface area (Å²) in [5.41, 5.74) is 4.75. The first kappa shape index (κ1) is 23.2. The first-order valence-electron chi connectivity index (χ1n) is 9.87. The minimum Gasteiger partial charge on any atom is -0.481 e. The van der Waals surface area contributed by atoms with Gasteiger partial charge in [-0.25, -0.2) is 9.18 Å². The van der Waals surface area contributed by atoms with Gasteiger partial charge >= 0.3 is 5.69 Å². The van der Waals surface area contributed by atoms with E-state index in [1.54, 1.807) is 0 Å². The van der Waals surface area contributed by atoms with E-state index in [-0.39, 0.29) is 29.9 Å². The van der Waals surface area contributed by atoms with E-state index in [9.17, 15) is 18.8 Å². The lowest BCUT2D eigenvalue weighted by Crippen LogP contribution is -2.47. The standard InChI is InChI=1S/C21H29FN4O4/c1-12(2)10-25(20(28)14(5)30-16-8-6-15(22)7-9-16)17-18(23)26(11-13(3)4)21(29)24-19(17)27/h6-9,12-14H,10-11,23H2,1-5H3,(H,24,27,29). The Kier molecular flexibility index (Phi) is 7.42. The van der Waals surface area contributed by atoms with Gasteiger partial charge in [-0.1, -0.05) is 27.7 Å². The Balaban J connectivity index is 2.46. The molecular formula is C21H29FN4O4. The predicted molar refractivity (Wildman–Crippen MR) is 114 cm³/mol. The molecule has 0 aliphatic carbocycles. The van der Waals surface area contributed by atoms with Crippen molar-refractivity contribution in [1.82, 2.24) is 9.55 Å². The minimum atomic E-state index is -0.974. The van der Waals surface area contributed by atoms with Crippen molar-refractivity contribution < 1.29 is 13.9 Å². The van der Waals surface area contributed by atoms with Gasteiger partial charge in [-0.2, -0.15) is 0 Å². The highest BCUT2D eigenvalue weighted by molar-refractivity contribution is 5.98. The van der Waals surface area contributed by atoms with E-state index >= 15 is 0 Å². The average molecular weight is 420 g/mol. The van der Waals surface area contributed by atoms with Crippen molar-refractivity contribution in [3.63, 3.8) is 0 Å². The van der Waals surface area contributed by atoms with Gasteiger partial charge in [0.15, 0.2) is 11.8 Å². The number of anilines is 2. The number of rotatable bonds is 8. The van der Waals surface area contributed by atoms with Gasteiger partial charge in [0.25, 0.3) is 11.5 Å². The monoisotopic (exact) mass is 420 g/mol. The maximum Gasteiger partial charge on any atom is 0.330 e. The van der Waals surface area contributed by atoms with Gasteiger partial charge in [0.1, 0.15) is 17.4 Å². The third-order valence-corrected chi connectivity index (χ3v) is 4.32. The number of carbonyl (C=O) groups excluding carboxylic acids is 1. The van der Waals surface area contributed by atoms with E-state index in [0.29, 0.717) is 12.3 Å². The van der Waals surface area contributed by atoms with E-state index in [1.165, 1.54) is 40.7 Å². The fourth-order valence-electron chi connectivity index (χ4n) is 3.03. The lowest BCUT2D eigenvalue weighted by molar-refractivity contribution is -0.124. The number of ether oxygens (including phenoxy) is 1. The maximum atomic E-state index is 13.2. The van der Waals surface area contributed by atoms with Crippen molar-refractivity contribution in [2.24, 2.45) is 11.8 Å². The van der Waals surface area contributed by atoms with Crippen molar-refractivity contribution in [3.05, 3.63) is 50.9 Å². The number of halogens is 1. The highest BCUT2D eigenvalue weighted by Crippen LogP contribution is 2.22. The van der Waals surface area contributed by atoms with Crippen LogP contribution in [-0.4, -0.2) is 28.1 Å². The molecule has 0 saturated carbocycles. The van der Waals surface area contributed by atoms with Crippen LogP contribution in [0.15, 0.2) is 33.9 Å². The zero-order chi connectivity index (χ0) is 22.6. The quantitative estimate of drug-likeness (QED) is 0.681. The van der Waals surface area contributed by atoms with Gasteiger partial charge in [-0.05, 0) is 43.0 Å². The van der Waals surface area contributed by atoms with Gasteiger partial charge < -0.3 is 15.4 Å². The molecule has 0 bridgehead atoms. The first-order valence-corrected chi connectivity index (χ1v) is 9.87. The zero-order valence-corrected chi connectivity index (χ0v) is 17.9. The van der Waals surface area contributed by atoms with Gasteiger partial charge in [0, 0.05) is 13.1 Å². The van der Waals surface area contributed by atoms with Crippen LogP contribution in [0.1, 0.15) is 34.6 Å². The molecular weight excluding hydrogens is 391 g/mol. The van der Waals surface area contributed by atoms with Crippen LogP contribution in [0.25, 0.3) is 0 Å². The van der Waals surface area contributed by atoms with Crippen molar-refractivity contribution in [3.8, 4) is 5.75 Å². The Morgan fingerprint density at radius 3 is 2.27 bits per heavy atom. The number of amides is 1. The van der Waals surface area contributed by atoms with Crippen LogP contribution in [-0.2, 0) is 11.3 Å². The number of H-pyrrole nitrogens is 1. The Morgan fingerprint density at radius 1 is 1.13 bits per heavy atom. The Bertz CT molecular complexity index is 996. The summed E-state index contributed by atoms with van der Waals surface area (Å²) in [7, 11) is 0. The van der Waals surface area contributed by atoms with Crippen LogP contribution in [0.5, 0.6) is 5.75 Å². The van der Waals surface area contributed by atoms with E-state index in [1.807, 2.05) is 27.7 Å². The lowest BCUT2D eigenvalue weighted by atomic mass is 10.1. The number of nitrogens with zero attached hydrogens (tertiary/aromatic N) is 2. The van der Waals surface area contributed by atoms with Crippen molar-refractivity contribution in [2.45, 2.75) is 47.3 Å². The molecule has 1 unspecified atom stereocenters. The normalized spacial score (nSPS) is 12.3. The van der Waals surface area contributed by atoms with Crippen LogP contribution in [0, 0.1) is 17.7 Å². The summed E-state index contributed by atoms with van der Waals surface area (Å²) in [6.45, 7) is 9.62. The SMILES string of the molecule is CC(C)CN(C(=O)C(C)Oc1ccc(F)cc1)c1c(N)n(CC(C)C)c(=O)[nH]c1=O. The molecule has 0 aliphatic heterocycles. The van der Waals surface area contributed by atoms with Gasteiger partial charge in [0.05, 0.1) is 0 Å². The summed E-state index contributed by atoms with van der Waals surface area (Å²) >= 11 is 0. The van der Waals surface area contributed by atoms with Crippen LogP contribution < -0.4 is 26.6 Å². The molecule has 164 valence electrons. The van der Waals surface area contributed by atoms with Crippen LogP contribution in [0.3, 0.4) is 0 Å². The Hall–Kier alpha value is -3.10. The number of aromatic amines is 1. The molecule has 1 heterocycles. The molecule has 1 amide bonds. The molecule has 1 aromatic heterocycles. The molecule has 0 spiro atoms. The Labute approximate surface area is 174 Å². The summed E-state index contributed by atoms with van der Waals surface area (Å²) in [4.78, 5) is 41.6. The summed E-state index contributed by atoms with van der Waals surface area (Å²) in [5, 5.41) is 0. The molecule has 3 N–H and O–H groups in total. The summed E-state index contributed by atoms with van der Waals surface area (Å²) < 4.78 is 20.0. The number of nitrogen functional groups attached to an aromatic ring is 1. The Morgan fingerprint density at radius 2 is 1.73 bits per heavy atom. The van der Waals surface area contributed by atoms with E-state index in [4.69, 9.17) is 10.5 Å². The molecule has 1 atom stereocenters. The molecule has 30 heavy (non-hydrogen) atoms. The van der Waals surface area contributed by atoms with Crippen molar-refractivity contribution >= 4 is 17.4 Å². The van der Waals surface area contributed by atoms with Gasteiger partial charge in [0.2, 0.25) is 0 Å². The minimum absolute atomic E-state index is 0.0104. The molecule has 9 heteroatoms. The number of carbonyl (C=O) groups is 1. The lowest BCUT2D eigenvalue weighted by Gasteiger charge is -2.28. The largest absolute Gasteiger partial charge is 0.481 e. The van der Waals surface area contributed by atoms with Crippen LogP contribution >= 0.6 is 0 Å². The number of hydrogen-bond donors (Lipinski definition) is 2. The number of hydrogen-bond acceptors (Lipinski definition) is 5. The number of aromatic nitrogens is 2. The number of nitrogens with two attached hydrogens (primary N) is 1. The molecule has 2 rings (SSSR count). The summed E-state index contributed by atoms with van der Waals surface area (Å²) in [6.07, 6.45) is -0.974. The first-order chi connectivity index (χ1) is 14.0. The van der Waals surface area contributed by atoms with Gasteiger partial charge in [-0.3, -0.25) is 19.1 Å². The van der Waals surface area contributed by atoms with Crippen molar-refractivity contribution in [1.29, 1.82) is 0 Å². The predicted octanol–water partition coefficient (Wildman–Crippen LogP) is 2.37. The molecule has 0 aliphatic rings. The van der Waals surface area contributed by atoms with Crippen LogP contribution in [0.2, 0.25) is 0 Å². The highest BCUT2D eigenvalue weighted by atomic mass is 19.1. The molecule has 0 radical (unpaired) electrons. The van der Waals surface area contributed by atoms with E-state index in [2.05, 4.69) is 4.98 Å². The van der Waals surface area contributed by atoms with E-state index in [0.717, 1.165) is 0 Å². The second-order valence-electron chi connectivity index (χ2n) is 8.05. The fraction of sp³-hybridized carbons (Fsp3) is 0.476. The molecule has 0 saturated heterocycles. The smallest absolute Gasteiger partial charge is 0.330 e. The van der Waals surface area contributed by atoms with Crippen LogP contribution in [0.4, 0.5) is 15.9 Å². The third kappa shape index (κ3) is 5.49. The highest BCUT2D eigenvalue weighted by Gasteiger charge is 2.29. The second kappa shape index (κ2) is 9.60. The third-order valence-electron chi connectivity index (χ3n) is 4.32. The molecule has 0 fully saturated rings. The van der Waals surface area contributed by atoms with E-state index < -0.39 is 29.1 Å². The fourth-order valence-corrected chi connectivity index (χ4v) is 3.03. The number of benzene rings is 1. The molecule has 8 nitrogen and oxygen atoms in total. The summed E-state index contributed by atoms with van der Waals surface area (Å²) in [5.74, 6) is -0.571. The topological polar surface area (TPSA) is 110 Å². The average Bonchev–Trinajstić information content (AvgIpc) is 2.65. The zero-order valence-electron chi connectivity index (χ0n) is 17.9. The second-order valence-corrected chi connectivity index (χ2v) is 8.05. The summed E-state index contributed by atoms with van der Waals surface area (Å²) in [6, 6.07) is 5.28. The molecule has 2 aromatic rings. The molecule has 1 aromatic carbocycles. The van der Waals surface area contributed by atoms with Crippen molar-refractivity contribution in [2.75, 3.05) is 17.2 Å².